The fourth-order valence-corrected chi connectivity index (χ4v) is 3.38. The molecule has 0 unspecified atom stereocenters. The molecule has 20 heavy (non-hydrogen) atoms. The normalized spacial score (nSPS) is 12.2. The Bertz CT molecular complexity index is 732. The third kappa shape index (κ3) is 2.25. The first kappa shape index (κ1) is 13.7. The van der Waals surface area contributed by atoms with Gasteiger partial charge >= 0.3 is 0 Å². The van der Waals surface area contributed by atoms with Gasteiger partial charge < -0.3 is 0 Å². The maximum atomic E-state index is 5.99. The molecular formula is C16H17ClN2S. The zero-order valence-corrected chi connectivity index (χ0v) is 13.4. The molecule has 0 N–H and O–H groups in total. The van der Waals surface area contributed by atoms with Gasteiger partial charge in [-0.25, -0.2) is 4.98 Å². The van der Waals surface area contributed by atoms with Crippen molar-refractivity contribution >= 4 is 27.9 Å². The second-order valence-electron chi connectivity index (χ2n) is 5.95. The highest BCUT2D eigenvalue weighted by Crippen LogP contribution is 2.30. The molecule has 104 valence electrons. The Morgan fingerprint density at radius 1 is 1.20 bits per heavy atom. The predicted octanol–water partition coefficient (Wildman–Crippen LogP) is 5.10. The summed E-state index contributed by atoms with van der Waals surface area (Å²) in [5.74, 6) is 0.477. The summed E-state index contributed by atoms with van der Waals surface area (Å²) in [4.78, 5) is 5.39. The number of fused-ring (bicyclic) bond motifs is 1. The minimum Gasteiger partial charge on any atom is -0.286 e. The molecule has 0 saturated heterocycles. The Kier molecular flexibility index (Phi) is 3.35. The summed E-state index contributed by atoms with van der Waals surface area (Å²) in [6.07, 6.45) is 1.85. The van der Waals surface area contributed by atoms with E-state index in [-0.39, 0.29) is 5.41 Å². The lowest BCUT2D eigenvalue weighted by molar-refractivity contribution is 0.590. The van der Waals surface area contributed by atoms with E-state index in [9.17, 15) is 0 Å². The Morgan fingerprint density at radius 2 is 1.90 bits per heavy atom. The predicted molar refractivity (Wildman–Crippen MR) is 86.8 cm³/mol. The van der Waals surface area contributed by atoms with Crippen LogP contribution in [0.3, 0.4) is 0 Å². The molecule has 0 aliphatic heterocycles. The van der Waals surface area contributed by atoms with Gasteiger partial charge in [0.1, 0.15) is 0 Å². The van der Waals surface area contributed by atoms with Gasteiger partial charge in [0.25, 0.3) is 0 Å². The summed E-state index contributed by atoms with van der Waals surface area (Å²) in [6, 6.07) is 8.77. The van der Waals surface area contributed by atoms with Gasteiger partial charge in [0.2, 0.25) is 0 Å². The Morgan fingerprint density at radius 3 is 2.50 bits per heavy atom. The smallest absolute Gasteiger partial charge is 0.194 e. The minimum absolute atomic E-state index is 0.179. The number of halogens is 1. The highest BCUT2D eigenvalue weighted by atomic mass is 35.5. The molecular weight excluding hydrogens is 288 g/mol. The van der Waals surface area contributed by atoms with E-state index in [1.807, 2.05) is 6.20 Å². The fourth-order valence-electron chi connectivity index (χ4n) is 2.30. The molecule has 3 aromatic rings. The van der Waals surface area contributed by atoms with Gasteiger partial charge in [-0.2, -0.15) is 0 Å². The lowest BCUT2D eigenvalue weighted by Gasteiger charge is -2.19. The quantitative estimate of drug-likeness (QED) is 0.602. The zero-order valence-electron chi connectivity index (χ0n) is 11.9. The van der Waals surface area contributed by atoms with E-state index in [0.29, 0.717) is 5.88 Å². The summed E-state index contributed by atoms with van der Waals surface area (Å²) >= 11 is 7.64. The largest absolute Gasteiger partial charge is 0.286 e. The maximum absolute atomic E-state index is 5.99. The average Bonchev–Trinajstić information content (AvgIpc) is 2.98. The number of nitrogens with zero attached hydrogens (tertiary/aromatic N) is 2. The van der Waals surface area contributed by atoms with Gasteiger partial charge in [0, 0.05) is 5.38 Å². The van der Waals surface area contributed by atoms with Crippen LogP contribution in [0.25, 0.3) is 16.2 Å². The van der Waals surface area contributed by atoms with Gasteiger partial charge in [0.05, 0.1) is 23.5 Å². The highest BCUT2D eigenvalue weighted by molar-refractivity contribution is 7.15. The summed E-state index contributed by atoms with van der Waals surface area (Å²) in [5, 5.41) is 2.14. The number of benzene rings is 1. The Labute approximate surface area is 128 Å². The lowest BCUT2D eigenvalue weighted by atomic mass is 9.86. The molecule has 0 bridgehead atoms. The van der Waals surface area contributed by atoms with Crippen LogP contribution in [0.2, 0.25) is 0 Å². The van der Waals surface area contributed by atoms with Crippen LogP contribution in [-0.2, 0) is 11.3 Å². The first-order valence-electron chi connectivity index (χ1n) is 6.61. The Balaban J connectivity index is 2.09. The first-order chi connectivity index (χ1) is 9.50. The fraction of sp³-hybridized carbons (Fsp3) is 0.312. The van der Waals surface area contributed by atoms with Crippen molar-refractivity contribution in [1.29, 1.82) is 0 Å². The monoisotopic (exact) mass is 304 g/mol. The number of hydrogen-bond donors (Lipinski definition) is 0. The third-order valence-corrected chi connectivity index (χ3v) is 4.62. The van der Waals surface area contributed by atoms with Crippen molar-refractivity contribution in [1.82, 2.24) is 9.38 Å². The van der Waals surface area contributed by atoms with E-state index in [1.165, 1.54) is 16.8 Å². The molecule has 0 atom stereocenters. The van der Waals surface area contributed by atoms with Crippen LogP contribution in [0.1, 0.15) is 32.0 Å². The summed E-state index contributed by atoms with van der Waals surface area (Å²) in [5.41, 5.74) is 4.93. The molecule has 2 aromatic heterocycles. The molecule has 0 aliphatic rings. The van der Waals surface area contributed by atoms with Crippen LogP contribution < -0.4 is 0 Å². The minimum atomic E-state index is 0.179. The molecule has 1 aromatic carbocycles. The summed E-state index contributed by atoms with van der Waals surface area (Å²) in [7, 11) is 0. The van der Waals surface area contributed by atoms with Gasteiger partial charge in [-0.1, -0.05) is 45.0 Å². The number of imidazole rings is 1. The van der Waals surface area contributed by atoms with E-state index < -0.39 is 0 Å². The van der Waals surface area contributed by atoms with E-state index in [2.05, 4.69) is 59.8 Å². The molecule has 0 radical (unpaired) electrons. The van der Waals surface area contributed by atoms with Crippen molar-refractivity contribution in [2.45, 2.75) is 32.1 Å². The van der Waals surface area contributed by atoms with Crippen molar-refractivity contribution < 1.29 is 0 Å². The van der Waals surface area contributed by atoms with Gasteiger partial charge in [-0.15, -0.1) is 22.9 Å². The van der Waals surface area contributed by atoms with Crippen LogP contribution in [-0.4, -0.2) is 9.38 Å². The topological polar surface area (TPSA) is 17.3 Å². The first-order valence-corrected chi connectivity index (χ1v) is 8.03. The number of thiazole rings is 1. The highest BCUT2D eigenvalue weighted by Gasteiger charge is 2.15. The van der Waals surface area contributed by atoms with Crippen molar-refractivity contribution in [3.63, 3.8) is 0 Å². The van der Waals surface area contributed by atoms with Crippen LogP contribution in [0.4, 0.5) is 0 Å². The second-order valence-corrected chi connectivity index (χ2v) is 7.05. The molecule has 2 heterocycles. The van der Waals surface area contributed by atoms with Crippen LogP contribution >= 0.6 is 22.9 Å². The molecule has 0 spiro atoms. The standard InChI is InChI=1S/C16H17ClN2S/c1-16(2,3)12-6-4-11(5-7-12)14-10-20-15-18-9-13(8-17)19(14)15/h4-7,9-10H,8H2,1-3H3. The number of rotatable bonds is 2. The van der Waals surface area contributed by atoms with Crippen molar-refractivity contribution in [3.05, 3.63) is 47.1 Å². The van der Waals surface area contributed by atoms with Crippen molar-refractivity contribution in [2.24, 2.45) is 0 Å². The van der Waals surface area contributed by atoms with Crippen molar-refractivity contribution in [2.75, 3.05) is 0 Å². The maximum Gasteiger partial charge on any atom is 0.194 e. The Hall–Kier alpha value is -1.32. The average molecular weight is 305 g/mol. The molecule has 4 heteroatoms. The molecule has 2 nitrogen and oxygen atoms in total. The lowest BCUT2D eigenvalue weighted by Crippen LogP contribution is -2.10. The summed E-state index contributed by atoms with van der Waals surface area (Å²) in [6.45, 7) is 6.69. The van der Waals surface area contributed by atoms with Gasteiger partial charge in [-0.05, 0) is 16.5 Å². The van der Waals surface area contributed by atoms with E-state index in [0.717, 1.165) is 10.7 Å². The molecule has 3 rings (SSSR count). The van der Waals surface area contributed by atoms with E-state index in [4.69, 9.17) is 11.6 Å². The molecule has 0 amide bonds. The zero-order chi connectivity index (χ0) is 14.3. The van der Waals surface area contributed by atoms with Gasteiger partial charge in [0.15, 0.2) is 4.96 Å². The van der Waals surface area contributed by atoms with E-state index >= 15 is 0 Å². The molecule has 0 aliphatic carbocycles. The molecule has 0 fully saturated rings. The van der Waals surface area contributed by atoms with E-state index in [1.54, 1.807) is 11.3 Å². The summed E-state index contributed by atoms with van der Waals surface area (Å²) < 4.78 is 2.14. The number of hydrogen-bond acceptors (Lipinski definition) is 2. The van der Waals surface area contributed by atoms with Crippen LogP contribution in [0.5, 0.6) is 0 Å². The van der Waals surface area contributed by atoms with Crippen LogP contribution in [0.15, 0.2) is 35.8 Å². The second kappa shape index (κ2) is 4.90. The van der Waals surface area contributed by atoms with Crippen molar-refractivity contribution in [3.8, 4) is 11.3 Å². The van der Waals surface area contributed by atoms with Gasteiger partial charge in [-0.3, -0.25) is 4.40 Å². The number of aromatic nitrogens is 2. The SMILES string of the molecule is CC(C)(C)c1ccc(-c2csc3ncc(CCl)n23)cc1. The number of alkyl halides is 1. The third-order valence-electron chi connectivity index (χ3n) is 3.50. The molecule has 0 saturated carbocycles. The van der Waals surface area contributed by atoms with Crippen LogP contribution in [0, 0.1) is 0 Å².